The van der Waals surface area contributed by atoms with Crippen LogP contribution in [0.3, 0.4) is 0 Å². The van der Waals surface area contributed by atoms with E-state index < -0.39 is 12.9 Å². The second-order valence-electron chi connectivity index (χ2n) is 7.74. The number of carbonyl (C=O) groups is 1. The summed E-state index contributed by atoms with van der Waals surface area (Å²) in [5.41, 5.74) is 1.76. The van der Waals surface area contributed by atoms with Crippen molar-refractivity contribution >= 4 is 39.8 Å². The Morgan fingerprint density at radius 3 is 2.88 bits per heavy atom. The van der Waals surface area contributed by atoms with Gasteiger partial charge in [-0.25, -0.2) is 4.98 Å². The fraction of sp³-hybridized carbons (Fsp3) is 0.304. The van der Waals surface area contributed by atoms with E-state index in [2.05, 4.69) is 31.1 Å². The molecule has 1 aliphatic rings. The van der Waals surface area contributed by atoms with Crippen molar-refractivity contribution < 1.29 is 13.6 Å². The molecule has 10 heteroatoms. The van der Waals surface area contributed by atoms with Crippen LogP contribution in [0.5, 0.6) is 5.75 Å². The summed E-state index contributed by atoms with van der Waals surface area (Å²) in [6, 6.07) is 7.49. The number of ether oxygens (including phenoxy) is 1. The molecule has 0 aliphatic heterocycles. The second kappa shape index (κ2) is 8.45. The zero-order valence-corrected chi connectivity index (χ0v) is 18.3. The first-order chi connectivity index (χ1) is 17.3. The Kier molecular flexibility index (Phi) is 4.48. The Morgan fingerprint density at radius 2 is 2.12 bits per heavy atom. The van der Waals surface area contributed by atoms with E-state index in [1.54, 1.807) is 25.4 Å². The lowest BCUT2D eigenvalue weighted by Crippen LogP contribution is -2.21. The molecule has 0 atom stereocenters. The highest BCUT2D eigenvalue weighted by molar-refractivity contribution is 6.05. The monoisotopic (exact) mass is 449 g/mol. The lowest BCUT2D eigenvalue weighted by atomic mass is 10.1. The minimum atomic E-state index is -2.68. The first-order valence-electron chi connectivity index (χ1n) is 12.2. The summed E-state index contributed by atoms with van der Waals surface area (Å²) >= 11 is 0. The number of nitrogens with one attached hydrogen (secondary N) is 3. The highest BCUT2D eigenvalue weighted by atomic mass is 16.5. The van der Waals surface area contributed by atoms with E-state index in [9.17, 15) is 4.79 Å². The SMILES string of the molecule is [2H]C([2H])([2H])NC(=O)c1c(Nc2ccc3cnn(CC)c3c2OC)ccnc1Nc1ccn(C2CC2)n1. The van der Waals surface area contributed by atoms with Crippen molar-refractivity contribution in [2.75, 3.05) is 24.7 Å². The van der Waals surface area contributed by atoms with Gasteiger partial charge in [0.15, 0.2) is 11.6 Å². The quantitative estimate of drug-likeness (QED) is 0.375. The Hall–Kier alpha value is -4.08. The summed E-state index contributed by atoms with van der Waals surface area (Å²) in [4.78, 5) is 17.5. The average Bonchev–Trinajstić information content (AvgIpc) is 3.43. The van der Waals surface area contributed by atoms with E-state index in [-0.39, 0.29) is 11.4 Å². The topological polar surface area (TPSA) is 111 Å². The Morgan fingerprint density at radius 1 is 1.24 bits per heavy atom. The van der Waals surface area contributed by atoms with Crippen LogP contribution in [0.2, 0.25) is 0 Å². The predicted octanol–water partition coefficient (Wildman–Crippen LogP) is 3.84. The number of anilines is 4. The van der Waals surface area contributed by atoms with Crippen LogP contribution in [0.25, 0.3) is 10.9 Å². The minimum Gasteiger partial charge on any atom is -0.492 e. The molecule has 5 rings (SSSR count). The summed E-state index contributed by atoms with van der Waals surface area (Å²) in [5.74, 6) is 0.402. The van der Waals surface area contributed by atoms with Crippen LogP contribution in [0, 0.1) is 0 Å². The number of hydrogen-bond acceptors (Lipinski definition) is 7. The van der Waals surface area contributed by atoms with Gasteiger partial charge in [-0.2, -0.15) is 10.2 Å². The molecule has 0 bridgehead atoms. The van der Waals surface area contributed by atoms with Crippen molar-refractivity contribution in [1.82, 2.24) is 29.9 Å². The van der Waals surface area contributed by atoms with E-state index in [0.717, 1.165) is 23.7 Å². The molecule has 33 heavy (non-hydrogen) atoms. The first-order valence-corrected chi connectivity index (χ1v) is 10.7. The fourth-order valence-electron chi connectivity index (χ4n) is 3.86. The van der Waals surface area contributed by atoms with E-state index >= 15 is 0 Å². The van der Waals surface area contributed by atoms with Gasteiger partial charge >= 0.3 is 0 Å². The summed E-state index contributed by atoms with van der Waals surface area (Å²) in [5, 5.41) is 18.2. The maximum absolute atomic E-state index is 13.2. The molecule has 1 fully saturated rings. The fourth-order valence-corrected chi connectivity index (χ4v) is 3.86. The lowest BCUT2D eigenvalue weighted by molar-refractivity contribution is 0.0964. The van der Waals surface area contributed by atoms with E-state index in [0.29, 0.717) is 35.5 Å². The number of aromatic nitrogens is 5. The normalized spacial score (nSPS) is 14.9. The van der Waals surface area contributed by atoms with Gasteiger partial charge in [0.05, 0.1) is 30.7 Å². The minimum absolute atomic E-state index is 0.0285. The molecule has 3 heterocycles. The lowest BCUT2D eigenvalue weighted by Gasteiger charge is -2.17. The van der Waals surface area contributed by atoms with Crippen LogP contribution < -0.4 is 20.7 Å². The summed E-state index contributed by atoms with van der Waals surface area (Å²) in [7, 11) is 1.56. The highest BCUT2D eigenvalue weighted by Crippen LogP contribution is 2.38. The second-order valence-corrected chi connectivity index (χ2v) is 7.74. The number of nitrogens with zero attached hydrogens (tertiary/aromatic N) is 5. The van der Waals surface area contributed by atoms with Crippen LogP contribution in [-0.4, -0.2) is 44.5 Å². The molecule has 10 nitrogen and oxygen atoms in total. The van der Waals surface area contributed by atoms with Gasteiger partial charge in [0, 0.05) is 41.5 Å². The smallest absolute Gasteiger partial charge is 0.256 e. The Bertz CT molecular complexity index is 1420. The highest BCUT2D eigenvalue weighted by Gasteiger charge is 2.25. The van der Waals surface area contributed by atoms with Crippen molar-refractivity contribution in [3.8, 4) is 5.75 Å². The third-order valence-electron chi connectivity index (χ3n) is 5.60. The third-order valence-corrected chi connectivity index (χ3v) is 5.60. The largest absolute Gasteiger partial charge is 0.492 e. The first kappa shape index (κ1) is 17.5. The van der Waals surface area contributed by atoms with Gasteiger partial charge in [-0.05, 0) is 38.0 Å². The number of pyridine rings is 1. The van der Waals surface area contributed by atoms with E-state index in [1.807, 2.05) is 34.6 Å². The van der Waals surface area contributed by atoms with Crippen molar-refractivity contribution in [2.24, 2.45) is 0 Å². The molecule has 4 aromatic rings. The number of rotatable bonds is 8. The summed E-state index contributed by atoms with van der Waals surface area (Å²) in [6.45, 7) is -0.0553. The molecular weight excluding hydrogens is 420 g/mol. The Balaban J connectivity index is 1.56. The molecule has 0 radical (unpaired) electrons. The van der Waals surface area contributed by atoms with E-state index in [1.165, 1.54) is 6.20 Å². The van der Waals surface area contributed by atoms with Gasteiger partial charge < -0.3 is 20.7 Å². The number of carbonyl (C=O) groups excluding carboxylic acids is 1. The molecule has 3 N–H and O–H groups in total. The number of fused-ring (bicyclic) bond motifs is 1. The van der Waals surface area contributed by atoms with Crippen LogP contribution in [0.15, 0.2) is 42.9 Å². The van der Waals surface area contributed by atoms with Gasteiger partial charge in [0.2, 0.25) is 0 Å². The van der Waals surface area contributed by atoms with Gasteiger partial charge in [0.25, 0.3) is 5.91 Å². The molecule has 3 aromatic heterocycles. The molecule has 0 unspecified atom stereocenters. The number of methoxy groups -OCH3 is 1. The van der Waals surface area contributed by atoms with Gasteiger partial charge in [-0.3, -0.25) is 14.2 Å². The number of hydrogen-bond donors (Lipinski definition) is 3. The molecule has 1 aromatic carbocycles. The number of amides is 1. The van der Waals surface area contributed by atoms with Gasteiger partial charge in [-0.15, -0.1) is 0 Å². The summed E-state index contributed by atoms with van der Waals surface area (Å²) in [6.07, 6.45) is 7.30. The maximum Gasteiger partial charge on any atom is 0.256 e. The van der Waals surface area contributed by atoms with Crippen molar-refractivity contribution in [2.45, 2.75) is 32.4 Å². The molecule has 0 spiro atoms. The molecule has 1 amide bonds. The molecule has 0 saturated heterocycles. The van der Waals surface area contributed by atoms with Crippen molar-refractivity contribution in [1.29, 1.82) is 0 Å². The van der Waals surface area contributed by atoms with E-state index in [4.69, 9.17) is 8.85 Å². The van der Waals surface area contributed by atoms with Crippen LogP contribution in [0.4, 0.5) is 23.0 Å². The summed E-state index contributed by atoms with van der Waals surface area (Å²) < 4.78 is 32.0. The van der Waals surface area contributed by atoms with Gasteiger partial charge in [0.1, 0.15) is 16.9 Å². The number of benzene rings is 1. The molecule has 170 valence electrons. The van der Waals surface area contributed by atoms with Crippen molar-refractivity contribution in [3.63, 3.8) is 0 Å². The van der Waals surface area contributed by atoms with Crippen LogP contribution in [0.1, 0.15) is 40.3 Å². The number of aryl methyl sites for hydroxylation is 1. The third kappa shape index (κ3) is 3.84. The molecule has 1 saturated carbocycles. The van der Waals surface area contributed by atoms with Crippen LogP contribution in [-0.2, 0) is 6.54 Å². The zero-order valence-electron chi connectivity index (χ0n) is 21.3. The average molecular weight is 450 g/mol. The maximum atomic E-state index is 13.2. The molecule has 1 aliphatic carbocycles. The van der Waals surface area contributed by atoms with Gasteiger partial charge in [-0.1, -0.05) is 0 Å². The van der Waals surface area contributed by atoms with Crippen LogP contribution >= 0.6 is 0 Å². The predicted molar refractivity (Wildman–Crippen MR) is 127 cm³/mol. The standard InChI is InChI=1S/C23H26N8O2/c1-4-30-20-14(13-26-30)5-8-17(21(20)33-3)27-16-9-11-25-22(19(16)23(32)24-2)28-18-10-12-31(29-18)15-6-7-15/h5,8-13,15H,4,6-7H2,1-3H3,(H,24,32)(H2,25,27,28,29)/i2D3. The van der Waals surface area contributed by atoms with Crippen molar-refractivity contribution in [3.05, 3.63) is 48.4 Å². The Labute approximate surface area is 195 Å². The zero-order chi connectivity index (χ0) is 25.4. The molecular formula is C23H26N8O2.